The van der Waals surface area contributed by atoms with Gasteiger partial charge in [0.05, 0.1) is 6.04 Å². The van der Waals surface area contributed by atoms with Gasteiger partial charge < -0.3 is 15.0 Å². The van der Waals surface area contributed by atoms with Crippen molar-refractivity contribution >= 4 is 11.8 Å². The van der Waals surface area contributed by atoms with Gasteiger partial charge in [0.1, 0.15) is 6.61 Å². The van der Waals surface area contributed by atoms with Crippen LogP contribution in [0.2, 0.25) is 0 Å². The molecule has 136 valence electrons. The molecule has 1 saturated carbocycles. The Morgan fingerprint density at radius 3 is 2.60 bits per heavy atom. The molecule has 2 amide bonds. The molecule has 1 aliphatic carbocycles. The molecule has 1 saturated heterocycles. The van der Waals surface area contributed by atoms with E-state index in [1.165, 1.54) is 6.42 Å². The van der Waals surface area contributed by atoms with Crippen LogP contribution in [-0.2, 0) is 14.3 Å². The molecule has 1 aromatic rings. The van der Waals surface area contributed by atoms with E-state index in [2.05, 4.69) is 12.2 Å². The number of carbonyl (C=O) groups excluding carboxylic acids is 2. The van der Waals surface area contributed by atoms with Gasteiger partial charge in [0.15, 0.2) is 6.10 Å². The number of likely N-dealkylation sites (N-methyl/N-ethyl adjacent to an activating group) is 1. The lowest BCUT2D eigenvalue weighted by molar-refractivity contribution is -0.163. The topological polar surface area (TPSA) is 58.6 Å². The highest BCUT2D eigenvalue weighted by Crippen LogP contribution is 2.33. The normalized spacial score (nSPS) is 26.4. The molecule has 0 unspecified atom stereocenters. The molecule has 5 heteroatoms. The maximum Gasteiger partial charge on any atom is 0.252 e. The smallest absolute Gasteiger partial charge is 0.252 e. The minimum Gasteiger partial charge on any atom is -0.356 e. The zero-order chi connectivity index (χ0) is 18.0. The van der Waals surface area contributed by atoms with Crippen molar-refractivity contribution in [2.45, 2.75) is 63.6 Å². The van der Waals surface area contributed by atoms with Crippen molar-refractivity contribution in [1.82, 2.24) is 10.2 Å². The molecule has 0 spiro atoms. The second-order valence-corrected chi connectivity index (χ2v) is 7.65. The van der Waals surface area contributed by atoms with Gasteiger partial charge in [-0.25, -0.2) is 0 Å². The number of ether oxygens (including phenoxy) is 1. The number of nitrogens with one attached hydrogen (secondary N) is 1. The third-order valence-corrected chi connectivity index (χ3v) is 5.63. The van der Waals surface area contributed by atoms with Crippen LogP contribution in [0.1, 0.15) is 56.2 Å². The maximum atomic E-state index is 13.0. The summed E-state index contributed by atoms with van der Waals surface area (Å²) in [6.07, 6.45) is 4.82. The minimum absolute atomic E-state index is 0.0479. The van der Waals surface area contributed by atoms with Crippen LogP contribution in [0.5, 0.6) is 0 Å². The van der Waals surface area contributed by atoms with Crippen molar-refractivity contribution in [3.8, 4) is 0 Å². The molecule has 2 aliphatic rings. The SMILES string of the molecule is Cc1ccccc1[C@@H]1[C@@H](C(=O)NC2(C)CCCCC2)OCC(=O)N1C. The van der Waals surface area contributed by atoms with Crippen molar-refractivity contribution in [3.63, 3.8) is 0 Å². The molecule has 2 fully saturated rings. The van der Waals surface area contributed by atoms with Gasteiger partial charge in [0.25, 0.3) is 5.91 Å². The molecule has 1 aliphatic heterocycles. The molecule has 2 atom stereocenters. The highest BCUT2D eigenvalue weighted by atomic mass is 16.5. The number of aryl methyl sites for hydroxylation is 1. The van der Waals surface area contributed by atoms with Crippen LogP contribution in [-0.4, -0.2) is 42.0 Å². The number of benzene rings is 1. The van der Waals surface area contributed by atoms with Crippen LogP contribution >= 0.6 is 0 Å². The van der Waals surface area contributed by atoms with Crippen LogP contribution in [0.4, 0.5) is 0 Å². The molecule has 1 heterocycles. The average molecular weight is 344 g/mol. The fourth-order valence-electron chi connectivity index (χ4n) is 4.05. The van der Waals surface area contributed by atoms with Gasteiger partial charge in [-0.2, -0.15) is 0 Å². The highest BCUT2D eigenvalue weighted by Gasteiger charge is 2.42. The molecule has 5 nitrogen and oxygen atoms in total. The molecule has 3 rings (SSSR count). The van der Waals surface area contributed by atoms with Crippen molar-refractivity contribution in [1.29, 1.82) is 0 Å². The zero-order valence-electron chi connectivity index (χ0n) is 15.4. The summed E-state index contributed by atoms with van der Waals surface area (Å²) >= 11 is 0. The van der Waals surface area contributed by atoms with E-state index in [1.54, 1.807) is 11.9 Å². The first-order valence-corrected chi connectivity index (χ1v) is 9.16. The fourth-order valence-corrected chi connectivity index (χ4v) is 4.05. The van der Waals surface area contributed by atoms with Crippen LogP contribution in [0.25, 0.3) is 0 Å². The molecular formula is C20H28N2O3. The van der Waals surface area contributed by atoms with Gasteiger partial charge in [-0.15, -0.1) is 0 Å². The second-order valence-electron chi connectivity index (χ2n) is 7.65. The Hall–Kier alpha value is -1.88. The summed E-state index contributed by atoms with van der Waals surface area (Å²) in [7, 11) is 1.75. The van der Waals surface area contributed by atoms with E-state index in [9.17, 15) is 9.59 Å². The van der Waals surface area contributed by atoms with Crippen LogP contribution in [0.3, 0.4) is 0 Å². The Bertz CT molecular complexity index is 652. The monoisotopic (exact) mass is 344 g/mol. The number of hydrogen-bond acceptors (Lipinski definition) is 3. The van der Waals surface area contributed by atoms with Gasteiger partial charge in [0.2, 0.25) is 5.91 Å². The predicted molar refractivity (Wildman–Crippen MR) is 96.1 cm³/mol. The summed E-state index contributed by atoms with van der Waals surface area (Å²) in [6, 6.07) is 7.48. The Labute approximate surface area is 149 Å². The summed E-state index contributed by atoms with van der Waals surface area (Å²) in [5, 5.41) is 3.22. The molecule has 0 radical (unpaired) electrons. The number of carbonyl (C=O) groups is 2. The van der Waals surface area contributed by atoms with E-state index in [0.29, 0.717) is 0 Å². The van der Waals surface area contributed by atoms with E-state index >= 15 is 0 Å². The number of morpholine rings is 1. The number of rotatable bonds is 3. The Morgan fingerprint density at radius 1 is 1.24 bits per heavy atom. The summed E-state index contributed by atoms with van der Waals surface area (Å²) in [6.45, 7) is 4.07. The first-order valence-electron chi connectivity index (χ1n) is 9.16. The minimum atomic E-state index is -0.678. The van der Waals surface area contributed by atoms with Gasteiger partial charge in [-0.3, -0.25) is 9.59 Å². The van der Waals surface area contributed by atoms with Gasteiger partial charge in [0, 0.05) is 12.6 Å². The van der Waals surface area contributed by atoms with Crippen LogP contribution in [0.15, 0.2) is 24.3 Å². The van der Waals surface area contributed by atoms with Crippen LogP contribution < -0.4 is 5.32 Å². The van der Waals surface area contributed by atoms with Crippen molar-refractivity contribution in [2.24, 2.45) is 0 Å². The Morgan fingerprint density at radius 2 is 1.92 bits per heavy atom. The maximum absolute atomic E-state index is 13.0. The number of amides is 2. The number of hydrogen-bond donors (Lipinski definition) is 1. The van der Waals surface area contributed by atoms with E-state index < -0.39 is 12.1 Å². The quantitative estimate of drug-likeness (QED) is 0.917. The molecule has 1 aromatic carbocycles. The summed E-state index contributed by atoms with van der Waals surface area (Å²) < 4.78 is 5.73. The molecule has 25 heavy (non-hydrogen) atoms. The largest absolute Gasteiger partial charge is 0.356 e. The van der Waals surface area contributed by atoms with E-state index in [4.69, 9.17) is 4.74 Å². The van der Waals surface area contributed by atoms with E-state index in [0.717, 1.165) is 36.8 Å². The van der Waals surface area contributed by atoms with Crippen molar-refractivity contribution in [2.75, 3.05) is 13.7 Å². The van der Waals surface area contributed by atoms with Crippen LogP contribution in [0, 0.1) is 6.92 Å². The fraction of sp³-hybridized carbons (Fsp3) is 0.600. The molecule has 0 aromatic heterocycles. The summed E-state index contributed by atoms with van der Waals surface area (Å²) in [5.41, 5.74) is 1.85. The first-order chi connectivity index (χ1) is 11.9. The Kier molecular flexibility index (Phi) is 5.13. The summed E-state index contributed by atoms with van der Waals surface area (Å²) in [4.78, 5) is 26.9. The standard InChI is InChI=1S/C20H28N2O3/c1-14-9-5-6-10-15(14)17-18(25-13-16(23)22(17)3)19(24)21-20(2)11-7-4-8-12-20/h5-6,9-10,17-18H,4,7-8,11-13H2,1-3H3,(H,21,24)/t17-,18+/m1/s1. The zero-order valence-corrected chi connectivity index (χ0v) is 15.4. The van der Waals surface area contributed by atoms with Gasteiger partial charge >= 0.3 is 0 Å². The molecule has 1 N–H and O–H groups in total. The molecular weight excluding hydrogens is 316 g/mol. The third kappa shape index (κ3) is 3.71. The summed E-state index contributed by atoms with van der Waals surface area (Å²) in [5.74, 6) is -0.210. The first kappa shape index (κ1) is 17.9. The Balaban J connectivity index is 1.85. The van der Waals surface area contributed by atoms with Crippen molar-refractivity contribution in [3.05, 3.63) is 35.4 Å². The number of nitrogens with zero attached hydrogens (tertiary/aromatic N) is 1. The van der Waals surface area contributed by atoms with Crippen molar-refractivity contribution < 1.29 is 14.3 Å². The lowest BCUT2D eigenvalue weighted by Gasteiger charge is -2.41. The second kappa shape index (κ2) is 7.16. The molecule has 0 bridgehead atoms. The highest BCUT2D eigenvalue weighted by molar-refractivity contribution is 5.86. The van der Waals surface area contributed by atoms with E-state index in [1.807, 2.05) is 31.2 Å². The third-order valence-electron chi connectivity index (χ3n) is 5.63. The van der Waals surface area contributed by atoms with Gasteiger partial charge in [-0.1, -0.05) is 43.5 Å². The average Bonchev–Trinajstić information content (AvgIpc) is 2.58. The van der Waals surface area contributed by atoms with E-state index in [-0.39, 0.29) is 24.0 Å². The lowest BCUT2D eigenvalue weighted by atomic mass is 9.83. The lowest BCUT2D eigenvalue weighted by Crippen LogP contribution is -2.57. The predicted octanol–water partition coefficient (Wildman–Crippen LogP) is 2.73. The van der Waals surface area contributed by atoms with Gasteiger partial charge in [-0.05, 0) is 37.8 Å².